The fourth-order valence-corrected chi connectivity index (χ4v) is 3.56. The molecule has 2 aliphatic rings. The Balaban J connectivity index is 1.49. The summed E-state index contributed by atoms with van der Waals surface area (Å²) in [6, 6.07) is 10.6. The highest BCUT2D eigenvalue weighted by atomic mass is 35.5. The SMILES string of the molecule is O=C1CC(Cl)CN1CC1CCN(Cc2ccccc2)C1. The Hall–Kier alpha value is -1.06. The van der Waals surface area contributed by atoms with E-state index in [4.69, 9.17) is 11.6 Å². The van der Waals surface area contributed by atoms with Gasteiger partial charge in [-0.1, -0.05) is 30.3 Å². The average molecular weight is 293 g/mol. The van der Waals surface area contributed by atoms with Gasteiger partial charge in [0.15, 0.2) is 0 Å². The van der Waals surface area contributed by atoms with Crippen molar-refractivity contribution in [3.63, 3.8) is 0 Å². The van der Waals surface area contributed by atoms with Crippen LogP contribution in [-0.2, 0) is 11.3 Å². The summed E-state index contributed by atoms with van der Waals surface area (Å²) in [4.78, 5) is 16.2. The van der Waals surface area contributed by atoms with E-state index in [1.54, 1.807) is 0 Å². The number of carbonyl (C=O) groups is 1. The van der Waals surface area contributed by atoms with Gasteiger partial charge in [0.2, 0.25) is 5.91 Å². The molecular weight excluding hydrogens is 272 g/mol. The average Bonchev–Trinajstić information content (AvgIpc) is 2.98. The molecule has 2 saturated heterocycles. The molecule has 4 heteroatoms. The molecule has 2 heterocycles. The number of hydrogen-bond acceptors (Lipinski definition) is 2. The van der Waals surface area contributed by atoms with Crippen molar-refractivity contribution in [3.8, 4) is 0 Å². The molecule has 0 saturated carbocycles. The van der Waals surface area contributed by atoms with Crippen molar-refractivity contribution >= 4 is 17.5 Å². The predicted molar refractivity (Wildman–Crippen MR) is 80.7 cm³/mol. The predicted octanol–water partition coefficient (Wildman–Crippen LogP) is 2.35. The lowest BCUT2D eigenvalue weighted by Gasteiger charge is -2.21. The van der Waals surface area contributed by atoms with Gasteiger partial charge in [-0.2, -0.15) is 0 Å². The number of likely N-dealkylation sites (tertiary alicyclic amines) is 2. The third-order valence-electron chi connectivity index (χ3n) is 4.26. The summed E-state index contributed by atoms with van der Waals surface area (Å²) in [7, 11) is 0. The second kappa shape index (κ2) is 6.15. The van der Waals surface area contributed by atoms with Gasteiger partial charge in [-0.3, -0.25) is 9.69 Å². The molecule has 0 N–H and O–H groups in total. The van der Waals surface area contributed by atoms with E-state index in [2.05, 4.69) is 35.2 Å². The number of rotatable bonds is 4. The fraction of sp³-hybridized carbons (Fsp3) is 0.562. The van der Waals surface area contributed by atoms with Gasteiger partial charge in [-0.05, 0) is 24.4 Å². The van der Waals surface area contributed by atoms with Crippen LogP contribution in [0.5, 0.6) is 0 Å². The lowest BCUT2D eigenvalue weighted by atomic mass is 10.1. The van der Waals surface area contributed by atoms with E-state index in [-0.39, 0.29) is 11.3 Å². The molecular formula is C16H21ClN2O. The first-order valence-electron chi connectivity index (χ1n) is 7.39. The topological polar surface area (TPSA) is 23.6 Å². The minimum atomic E-state index is 0.0179. The molecule has 3 nitrogen and oxygen atoms in total. The molecule has 0 bridgehead atoms. The Morgan fingerprint density at radius 1 is 1.20 bits per heavy atom. The molecule has 1 amide bonds. The van der Waals surface area contributed by atoms with Crippen molar-refractivity contribution in [2.45, 2.75) is 24.8 Å². The van der Waals surface area contributed by atoms with Crippen LogP contribution in [0.4, 0.5) is 0 Å². The van der Waals surface area contributed by atoms with Gasteiger partial charge in [0.25, 0.3) is 0 Å². The van der Waals surface area contributed by atoms with Gasteiger partial charge in [0.1, 0.15) is 0 Å². The minimum absolute atomic E-state index is 0.0179. The van der Waals surface area contributed by atoms with Crippen LogP contribution in [0, 0.1) is 5.92 Å². The molecule has 2 fully saturated rings. The van der Waals surface area contributed by atoms with Crippen molar-refractivity contribution in [1.29, 1.82) is 0 Å². The first-order valence-corrected chi connectivity index (χ1v) is 7.82. The fourth-order valence-electron chi connectivity index (χ4n) is 3.26. The lowest BCUT2D eigenvalue weighted by Crippen LogP contribution is -2.32. The zero-order valence-corrected chi connectivity index (χ0v) is 12.4. The number of carbonyl (C=O) groups excluding carboxylic acids is 1. The summed E-state index contributed by atoms with van der Waals surface area (Å²) in [6.45, 7) is 4.85. The van der Waals surface area contributed by atoms with Crippen LogP contribution in [0.15, 0.2) is 30.3 Å². The molecule has 0 aromatic heterocycles. The Morgan fingerprint density at radius 2 is 2.00 bits per heavy atom. The first-order chi connectivity index (χ1) is 9.70. The van der Waals surface area contributed by atoms with E-state index >= 15 is 0 Å². The molecule has 2 unspecified atom stereocenters. The van der Waals surface area contributed by atoms with Gasteiger partial charge in [-0.15, -0.1) is 11.6 Å². The third-order valence-corrected chi connectivity index (χ3v) is 4.56. The maximum atomic E-state index is 11.8. The van der Waals surface area contributed by atoms with Crippen LogP contribution in [0.1, 0.15) is 18.4 Å². The summed E-state index contributed by atoms with van der Waals surface area (Å²) < 4.78 is 0. The lowest BCUT2D eigenvalue weighted by molar-refractivity contribution is -0.128. The van der Waals surface area contributed by atoms with Crippen molar-refractivity contribution in [2.24, 2.45) is 5.92 Å². The normalized spacial score (nSPS) is 27.4. The Labute approximate surface area is 125 Å². The van der Waals surface area contributed by atoms with Crippen LogP contribution < -0.4 is 0 Å². The van der Waals surface area contributed by atoms with Gasteiger partial charge in [0.05, 0.1) is 5.38 Å². The van der Waals surface area contributed by atoms with Crippen LogP contribution in [0.25, 0.3) is 0 Å². The zero-order valence-electron chi connectivity index (χ0n) is 11.7. The summed E-state index contributed by atoms with van der Waals surface area (Å²) in [5.41, 5.74) is 1.37. The maximum Gasteiger partial charge on any atom is 0.224 e. The van der Waals surface area contributed by atoms with Gasteiger partial charge < -0.3 is 4.90 Å². The summed E-state index contributed by atoms with van der Waals surface area (Å²) in [6.07, 6.45) is 1.70. The molecule has 3 rings (SSSR count). The highest BCUT2D eigenvalue weighted by molar-refractivity contribution is 6.22. The third kappa shape index (κ3) is 3.33. The van der Waals surface area contributed by atoms with Crippen molar-refractivity contribution in [1.82, 2.24) is 9.80 Å². The number of amides is 1. The van der Waals surface area contributed by atoms with E-state index in [0.29, 0.717) is 12.3 Å². The van der Waals surface area contributed by atoms with E-state index in [0.717, 1.165) is 32.7 Å². The maximum absolute atomic E-state index is 11.8. The molecule has 108 valence electrons. The van der Waals surface area contributed by atoms with Crippen LogP contribution in [0.3, 0.4) is 0 Å². The summed E-state index contributed by atoms with van der Waals surface area (Å²) >= 11 is 6.05. The molecule has 1 aromatic carbocycles. The summed E-state index contributed by atoms with van der Waals surface area (Å²) in [5.74, 6) is 0.830. The van der Waals surface area contributed by atoms with E-state index in [1.165, 1.54) is 12.0 Å². The summed E-state index contributed by atoms with van der Waals surface area (Å²) in [5, 5.41) is 0.0179. The largest absolute Gasteiger partial charge is 0.341 e. The number of benzene rings is 1. The highest BCUT2D eigenvalue weighted by Crippen LogP contribution is 2.23. The highest BCUT2D eigenvalue weighted by Gasteiger charge is 2.32. The molecule has 2 aliphatic heterocycles. The quantitative estimate of drug-likeness (QED) is 0.796. The van der Waals surface area contributed by atoms with E-state index in [1.807, 2.05) is 4.90 Å². The van der Waals surface area contributed by atoms with Crippen LogP contribution in [0.2, 0.25) is 0 Å². The molecule has 2 atom stereocenters. The molecule has 0 aliphatic carbocycles. The number of halogens is 1. The minimum Gasteiger partial charge on any atom is -0.341 e. The Bertz CT molecular complexity index is 465. The van der Waals surface area contributed by atoms with Gasteiger partial charge in [-0.25, -0.2) is 0 Å². The standard InChI is InChI=1S/C16H21ClN2O/c17-15-8-16(20)19(12-15)11-14-6-7-18(10-14)9-13-4-2-1-3-5-13/h1-5,14-15H,6-12H2. The van der Waals surface area contributed by atoms with Crippen molar-refractivity contribution < 1.29 is 4.79 Å². The zero-order chi connectivity index (χ0) is 13.9. The molecule has 1 aromatic rings. The monoisotopic (exact) mass is 292 g/mol. The number of nitrogens with zero attached hydrogens (tertiary/aromatic N) is 2. The Kier molecular flexibility index (Phi) is 4.27. The molecule has 20 heavy (non-hydrogen) atoms. The smallest absolute Gasteiger partial charge is 0.224 e. The van der Waals surface area contributed by atoms with Crippen LogP contribution in [-0.4, -0.2) is 47.3 Å². The van der Waals surface area contributed by atoms with Gasteiger partial charge in [0, 0.05) is 32.6 Å². The van der Waals surface area contributed by atoms with Gasteiger partial charge >= 0.3 is 0 Å². The van der Waals surface area contributed by atoms with Crippen molar-refractivity contribution in [2.75, 3.05) is 26.2 Å². The Morgan fingerprint density at radius 3 is 2.70 bits per heavy atom. The van der Waals surface area contributed by atoms with Crippen LogP contribution >= 0.6 is 11.6 Å². The first kappa shape index (κ1) is 13.9. The number of hydrogen-bond donors (Lipinski definition) is 0. The van der Waals surface area contributed by atoms with E-state index in [9.17, 15) is 4.79 Å². The van der Waals surface area contributed by atoms with Crippen molar-refractivity contribution in [3.05, 3.63) is 35.9 Å². The molecule has 0 spiro atoms. The second-order valence-corrected chi connectivity index (χ2v) is 6.59. The number of alkyl halides is 1. The van der Waals surface area contributed by atoms with E-state index < -0.39 is 0 Å². The second-order valence-electron chi connectivity index (χ2n) is 5.98. The molecule has 0 radical (unpaired) electrons.